The molecule has 0 atom stereocenters. The third kappa shape index (κ3) is 2.93. The fraction of sp³-hybridized carbons (Fsp3) is 0.583. The molecule has 0 aromatic carbocycles. The molecule has 1 aromatic heterocycles. The predicted molar refractivity (Wildman–Crippen MR) is 57.7 cm³/mol. The fourth-order valence-electron chi connectivity index (χ4n) is 1.32. The Labute approximate surface area is 90.1 Å². The van der Waals surface area contributed by atoms with Crippen molar-refractivity contribution >= 4 is 0 Å². The molecule has 0 radical (unpaired) electrons. The molecule has 3 heteroatoms. The third-order valence-corrected chi connectivity index (χ3v) is 2.61. The molecule has 1 aromatic rings. The van der Waals surface area contributed by atoms with Crippen molar-refractivity contribution < 1.29 is 9.84 Å². The predicted octanol–water partition coefficient (Wildman–Crippen LogP) is 2.10. The average Bonchev–Trinajstić information content (AvgIpc) is 2.97. The number of aromatic nitrogens is 1. The molecule has 0 amide bonds. The van der Waals surface area contributed by atoms with Crippen molar-refractivity contribution in [2.24, 2.45) is 5.92 Å². The Morgan fingerprint density at radius 1 is 1.47 bits per heavy atom. The molecule has 1 aliphatic rings. The topological polar surface area (TPSA) is 42.4 Å². The summed E-state index contributed by atoms with van der Waals surface area (Å²) in [5, 5.41) is 9.73. The maximum atomic E-state index is 9.73. The highest BCUT2D eigenvalue weighted by atomic mass is 16.5. The number of rotatable bonds is 4. The molecule has 0 bridgehead atoms. The molecular weight excluding hydrogens is 190 g/mol. The molecule has 0 aliphatic heterocycles. The summed E-state index contributed by atoms with van der Waals surface area (Å²) < 4.78 is 5.50. The Hall–Kier alpha value is -1.09. The van der Waals surface area contributed by atoms with E-state index in [-0.39, 0.29) is 0 Å². The zero-order chi connectivity index (χ0) is 10.9. The molecule has 2 rings (SSSR count). The van der Waals surface area contributed by atoms with E-state index in [2.05, 4.69) is 4.98 Å². The summed E-state index contributed by atoms with van der Waals surface area (Å²) >= 11 is 0. The first-order valence-electron chi connectivity index (χ1n) is 5.37. The van der Waals surface area contributed by atoms with E-state index >= 15 is 0 Å². The van der Waals surface area contributed by atoms with E-state index in [0.717, 1.165) is 18.1 Å². The first-order chi connectivity index (χ1) is 7.05. The summed E-state index contributed by atoms with van der Waals surface area (Å²) in [7, 11) is 0. The van der Waals surface area contributed by atoms with Crippen molar-refractivity contribution in [3.63, 3.8) is 0 Å². The Balaban J connectivity index is 1.96. The Morgan fingerprint density at radius 3 is 2.67 bits per heavy atom. The lowest BCUT2D eigenvalue weighted by atomic mass is 10.0. The van der Waals surface area contributed by atoms with Gasteiger partial charge in [0.15, 0.2) is 0 Å². The van der Waals surface area contributed by atoms with Crippen LogP contribution in [0.15, 0.2) is 18.3 Å². The lowest BCUT2D eigenvalue weighted by Crippen LogP contribution is -2.15. The number of nitrogens with zero attached hydrogens (tertiary/aromatic N) is 1. The number of ether oxygens (including phenoxy) is 1. The van der Waals surface area contributed by atoms with Gasteiger partial charge in [0.25, 0.3) is 0 Å². The minimum absolute atomic E-state index is 0.648. The first-order valence-corrected chi connectivity index (χ1v) is 5.37. The quantitative estimate of drug-likeness (QED) is 0.822. The summed E-state index contributed by atoms with van der Waals surface area (Å²) in [6.07, 6.45) is 4.23. The molecule has 0 saturated heterocycles. The Bertz CT molecular complexity index is 322. The van der Waals surface area contributed by atoms with E-state index < -0.39 is 5.60 Å². The second kappa shape index (κ2) is 3.81. The molecule has 1 aliphatic carbocycles. The van der Waals surface area contributed by atoms with Crippen molar-refractivity contribution in [2.75, 3.05) is 6.61 Å². The van der Waals surface area contributed by atoms with Crippen molar-refractivity contribution in [3.05, 3.63) is 23.9 Å². The molecule has 15 heavy (non-hydrogen) atoms. The van der Waals surface area contributed by atoms with Crippen LogP contribution in [-0.4, -0.2) is 16.7 Å². The van der Waals surface area contributed by atoms with Crippen LogP contribution in [0, 0.1) is 5.92 Å². The summed E-state index contributed by atoms with van der Waals surface area (Å²) in [6, 6.07) is 3.67. The van der Waals surface area contributed by atoms with Crippen molar-refractivity contribution in [3.8, 4) is 5.88 Å². The maximum Gasteiger partial charge on any atom is 0.213 e. The standard InChI is InChI=1S/C12H17NO2/c1-12(2,14)10-5-6-11(13-7-10)15-8-9-3-4-9/h5-7,9,14H,3-4,8H2,1-2H3. The molecule has 0 spiro atoms. The van der Waals surface area contributed by atoms with Gasteiger partial charge in [-0.2, -0.15) is 0 Å². The van der Waals surface area contributed by atoms with E-state index in [1.54, 1.807) is 20.0 Å². The number of hydrogen-bond donors (Lipinski definition) is 1. The molecule has 1 heterocycles. The largest absolute Gasteiger partial charge is 0.477 e. The van der Waals surface area contributed by atoms with Gasteiger partial charge in [-0.3, -0.25) is 0 Å². The van der Waals surface area contributed by atoms with Gasteiger partial charge in [0, 0.05) is 17.8 Å². The molecule has 3 nitrogen and oxygen atoms in total. The van der Waals surface area contributed by atoms with E-state index in [1.807, 2.05) is 12.1 Å². The van der Waals surface area contributed by atoms with Crippen LogP contribution < -0.4 is 4.74 Å². The van der Waals surface area contributed by atoms with E-state index in [1.165, 1.54) is 12.8 Å². The SMILES string of the molecule is CC(C)(O)c1ccc(OCC2CC2)nc1. The van der Waals surface area contributed by atoms with E-state index in [0.29, 0.717) is 5.88 Å². The van der Waals surface area contributed by atoms with Gasteiger partial charge in [-0.25, -0.2) is 4.98 Å². The molecule has 0 unspecified atom stereocenters. The highest BCUT2D eigenvalue weighted by Crippen LogP contribution is 2.29. The Morgan fingerprint density at radius 2 is 2.20 bits per heavy atom. The summed E-state index contributed by atoms with van der Waals surface area (Å²) in [6.45, 7) is 4.26. The van der Waals surface area contributed by atoms with Crippen LogP contribution in [-0.2, 0) is 5.60 Å². The monoisotopic (exact) mass is 207 g/mol. The summed E-state index contributed by atoms with van der Waals surface area (Å²) in [4.78, 5) is 4.16. The Kier molecular flexibility index (Phi) is 2.65. The van der Waals surface area contributed by atoms with Gasteiger partial charge in [0.2, 0.25) is 5.88 Å². The molecule has 82 valence electrons. The smallest absolute Gasteiger partial charge is 0.213 e. The highest BCUT2D eigenvalue weighted by molar-refractivity contribution is 5.22. The minimum Gasteiger partial charge on any atom is -0.477 e. The van der Waals surface area contributed by atoms with Crippen LogP contribution in [0.25, 0.3) is 0 Å². The first kappa shape index (κ1) is 10.4. The second-order valence-corrected chi connectivity index (χ2v) is 4.70. The van der Waals surface area contributed by atoms with Crippen molar-refractivity contribution in [1.29, 1.82) is 0 Å². The van der Waals surface area contributed by atoms with E-state index in [9.17, 15) is 5.11 Å². The van der Waals surface area contributed by atoms with Gasteiger partial charge in [-0.1, -0.05) is 0 Å². The fourth-order valence-corrected chi connectivity index (χ4v) is 1.32. The maximum absolute atomic E-state index is 9.73. The molecule has 1 fully saturated rings. The van der Waals surface area contributed by atoms with Crippen LogP contribution in [0.2, 0.25) is 0 Å². The lowest BCUT2D eigenvalue weighted by Gasteiger charge is -2.17. The van der Waals surface area contributed by atoms with Crippen LogP contribution in [0.3, 0.4) is 0 Å². The highest BCUT2D eigenvalue weighted by Gasteiger charge is 2.22. The van der Waals surface area contributed by atoms with Gasteiger partial charge < -0.3 is 9.84 Å². The van der Waals surface area contributed by atoms with Gasteiger partial charge in [0.05, 0.1) is 12.2 Å². The third-order valence-electron chi connectivity index (χ3n) is 2.61. The van der Waals surface area contributed by atoms with Crippen LogP contribution >= 0.6 is 0 Å². The van der Waals surface area contributed by atoms with Crippen LogP contribution in [0.4, 0.5) is 0 Å². The zero-order valence-corrected chi connectivity index (χ0v) is 9.23. The number of hydrogen-bond acceptors (Lipinski definition) is 3. The second-order valence-electron chi connectivity index (χ2n) is 4.70. The summed E-state index contributed by atoms with van der Waals surface area (Å²) in [5.74, 6) is 1.38. The van der Waals surface area contributed by atoms with Gasteiger partial charge in [-0.05, 0) is 38.7 Å². The van der Waals surface area contributed by atoms with Crippen molar-refractivity contribution in [1.82, 2.24) is 4.98 Å². The van der Waals surface area contributed by atoms with Crippen LogP contribution in [0.1, 0.15) is 32.3 Å². The van der Waals surface area contributed by atoms with Gasteiger partial charge in [0.1, 0.15) is 0 Å². The van der Waals surface area contributed by atoms with Gasteiger partial charge >= 0.3 is 0 Å². The van der Waals surface area contributed by atoms with Gasteiger partial charge in [-0.15, -0.1) is 0 Å². The van der Waals surface area contributed by atoms with Crippen molar-refractivity contribution in [2.45, 2.75) is 32.3 Å². The van der Waals surface area contributed by atoms with Crippen LogP contribution in [0.5, 0.6) is 5.88 Å². The minimum atomic E-state index is -0.831. The normalized spacial score (nSPS) is 16.5. The molecule has 1 saturated carbocycles. The average molecular weight is 207 g/mol. The van der Waals surface area contributed by atoms with E-state index in [4.69, 9.17) is 4.74 Å². The number of aliphatic hydroxyl groups is 1. The molecule has 1 N–H and O–H groups in total. The summed E-state index contributed by atoms with van der Waals surface area (Å²) in [5.41, 5.74) is -0.0246. The zero-order valence-electron chi connectivity index (χ0n) is 9.23. The number of pyridine rings is 1. The lowest BCUT2D eigenvalue weighted by molar-refractivity contribution is 0.0781. The molecular formula is C12H17NO2.